The average molecular weight is 489 g/mol. The summed E-state index contributed by atoms with van der Waals surface area (Å²) in [5.41, 5.74) is 7.33. The van der Waals surface area contributed by atoms with Crippen molar-refractivity contribution in [1.82, 2.24) is 15.2 Å². The third-order valence-electron chi connectivity index (χ3n) is 7.58. The molecule has 1 saturated heterocycles. The van der Waals surface area contributed by atoms with Crippen LogP contribution in [0.4, 0.5) is 0 Å². The third kappa shape index (κ3) is 9.18. The molecule has 0 unspecified atom stereocenters. The summed E-state index contributed by atoms with van der Waals surface area (Å²) < 4.78 is 0. The van der Waals surface area contributed by atoms with Crippen molar-refractivity contribution in [3.63, 3.8) is 0 Å². The molecule has 0 aromatic heterocycles. The number of carbonyl (C=O) groups excluding carboxylic acids is 1. The van der Waals surface area contributed by atoms with Gasteiger partial charge >= 0.3 is 0 Å². The van der Waals surface area contributed by atoms with Gasteiger partial charge in [0.15, 0.2) is 0 Å². The number of rotatable bonds is 6. The van der Waals surface area contributed by atoms with E-state index in [1.807, 2.05) is 12.1 Å². The van der Waals surface area contributed by atoms with Crippen LogP contribution < -0.4 is 5.43 Å². The molecule has 1 aliphatic heterocycles. The van der Waals surface area contributed by atoms with Gasteiger partial charge in [0.25, 0.3) is 5.91 Å². The molecular weight excluding hydrogens is 444 g/mol. The number of hydrogen-bond acceptors (Lipinski definition) is 4. The fraction of sp³-hybridized carbons (Fsp3) is 0.548. The largest absolute Gasteiger partial charge is 0.297 e. The zero-order valence-corrected chi connectivity index (χ0v) is 22.0. The van der Waals surface area contributed by atoms with Gasteiger partial charge in [-0.3, -0.25) is 14.6 Å². The van der Waals surface area contributed by atoms with Gasteiger partial charge in [-0.1, -0.05) is 87.4 Å². The van der Waals surface area contributed by atoms with Crippen molar-refractivity contribution in [2.45, 2.75) is 83.7 Å². The molecule has 0 bridgehead atoms. The van der Waals surface area contributed by atoms with Gasteiger partial charge < -0.3 is 0 Å². The van der Waals surface area contributed by atoms with E-state index in [-0.39, 0.29) is 5.91 Å². The Labute approximate surface area is 218 Å². The summed E-state index contributed by atoms with van der Waals surface area (Å²) in [5.74, 6) is -0.102. The third-order valence-corrected chi connectivity index (χ3v) is 7.58. The van der Waals surface area contributed by atoms with Crippen LogP contribution in [0, 0.1) is 0 Å². The number of hydrazone groups is 1. The minimum Gasteiger partial charge on any atom is -0.297 e. The SMILES string of the molecule is O=C(NN=C1CCCCCCCCCCC1)c1ccc(CN2CCN(Cc3ccccc3)CC2)cc1. The van der Waals surface area contributed by atoms with Crippen LogP contribution in [-0.4, -0.2) is 47.6 Å². The molecule has 2 aromatic rings. The summed E-state index contributed by atoms with van der Waals surface area (Å²) in [4.78, 5) is 17.8. The van der Waals surface area contributed by atoms with Crippen molar-refractivity contribution in [2.24, 2.45) is 5.10 Å². The van der Waals surface area contributed by atoms with E-state index in [9.17, 15) is 4.79 Å². The van der Waals surface area contributed by atoms with Crippen LogP contribution in [0.2, 0.25) is 0 Å². The Morgan fingerprint density at radius 1 is 0.639 bits per heavy atom. The quantitative estimate of drug-likeness (QED) is 0.479. The van der Waals surface area contributed by atoms with Crippen molar-refractivity contribution in [3.8, 4) is 0 Å². The molecule has 2 aliphatic rings. The van der Waals surface area contributed by atoms with Crippen LogP contribution in [0.15, 0.2) is 59.7 Å². The van der Waals surface area contributed by atoms with E-state index in [0.29, 0.717) is 5.56 Å². The smallest absolute Gasteiger partial charge is 0.271 e. The van der Waals surface area contributed by atoms with Crippen molar-refractivity contribution in [3.05, 3.63) is 71.3 Å². The highest BCUT2D eigenvalue weighted by Crippen LogP contribution is 2.16. The fourth-order valence-electron chi connectivity index (χ4n) is 5.29. The van der Waals surface area contributed by atoms with Gasteiger partial charge in [-0.25, -0.2) is 5.43 Å². The van der Waals surface area contributed by atoms with E-state index in [4.69, 9.17) is 0 Å². The number of amides is 1. The molecule has 1 aliphatic carbocycles. The van der Waals surface area contributed by atoms with Crippen LogP contribution in [0.1, 0.15) is 92.1 Å². The second-order valence-corrected chi connectivity index (χ2v) is 10.5. The topological polar surface area (TPSA) is 47.9 Å². The Morgan fingerprint density at radius 2 is 1.11 bits per heavy atom. The molecule has 1 N–H and O–H groups in total. The first-order valence-corrected chi connectivity index (χ1v) is 14.2. The number of benzene rings is 2. The monoisotopic (exact) mass is 488 g/mol. The summed E-state index contributed by atoms with van der Waals surface area (Å²) >= 11 is 0. The second-order valence-electron chi connectivity index (χ2n) is 10.5. The van der Waals surface area contributed by atoms with Crippen molar-refractivity contribution in [2.75, 3.05) is 26.2 Å². The summed E-state index contributed by atoms with van der Waals surface area (Å²) in [6.07, 6.45) is 13.7. The molecule has 1 saturated carbocycles. The number of nitrogens with one attached hydrogen (secondary N) is 1. The van der Waals surface area contributed by atoms with Gasteiger partial charge in [0.2, 0.25) is 0 Å². The number of piperazine rings is 1. The molecule has 36 heavy (non-hydrogen) atoms. The van der Waals surface area contributed by atoms with E-state index >= 15 is 0 Å². The normalized spacial score (nSPS) is 19.2. The summed E-state index contributed by atoms with van der Waals surface area (Å²) in [5, 5.41) is 4.54. The van der Waals surface area contributed by atoms with Crippen molar-refractivity contribution >= 4 is 11.6 Å². The molecule has 5 nitrogen and oxygen atoms in total. The van der Waals surface area contributed by atoms with E-state index in [1.165, 1.54) is 68.9 Å². The van der Waals surface area contributed by atoms with E-state index in [1.54, 1.807) is 0 Å². The first-order chi connectivity index (χ1) is 17.8. The van der Waals surface area contributed by atoms with Gasteiger partial charge in [-0.15, -0.1) is 0 Å². The minimum atomic E-state index is -0.102. The molecule has 194 valence electrons. The summed E-state index contributed by atoms with van der Waals surface area (Å²) in [7, 11) is 0. The first kappa shape index (κ1) is 26.6. The highest BCUT2D eigenvalue weighted by Gasteiger charge is 2.17. The molecule has 2 aromatic carbocycles. The molecule has 0 atom stereocenters. The lowest BCUT2D eigenvalue weighted by Gasteiger charge is -2.34. The fourth-order valence-corrected chi connectivity index (χ4v) is 5.29. The van der Waals surface area contributed by atoms with Crippen LogP contribution >= 0.6 is 0 Å². The van der Waals surface area contributed by atoms with Crippen molar-refractivity contribution < 1.29 is 4.79 Å². The van der Waals surface area contributed by atoms with E-state index in [0.717, 1.165) is 57.8 Å². The van der Waals surface area contributed by atoms with Crippen LogP contribution in [0.25, 0.3) is 0 Å². The molecule has 1 amide bonds. The maximum Gasteiger partial charge on any atom is 0.271 e. The van der Waals surface area contributed by atoms with Crippen molar-refractivity contribution in [1.29, 1.82) is 0 Å². The average Bonchev–Trinajstić information content (AvgIpc) is 2.90. The zero-order valence-electron chi connectivity index (χ0n) is 22.0. The predicted octanol–water partition coefficient (Wildman–Crippen LogP) is 6.39. The van der Waals surface area contributed by atoms with E-state index < -0.39 is 0 Å². The van der Waals surface area contributed by atoms with Crippen LogP contribution in [0.5, 0.6) is 0 Å². The van der Waals surface area contributed by atoms with Crippen LogP contribution in [-0.2, 0) is 13.1 Å². The molecule has 0 spiro atoms. The predicted molar refractivity (Wildman–Crippen MR) is 149 cm³/mol. The van der Waals surface area contributed by atoms with Crippen LogP contribution in [0.3, 0.4) is 0 Å². The standard InChI is InChI=1S/C31H44N4O/c36-31(33-32-30-15-11-6-4-2-1-3-5-7-12-16-30)29-19-17-28(18-20-29)26-35-23-21-34(22-24-35)25-27-13-9-8-10-14-27/h8-10,13-14,17-20H,1-7,11-12,15-16,21-26H2,(H,33,36). The molecule has 1 heterocycles. The maximum absolute atomic E-state index is 12.7. The lowest BCUT2D eigenvalue weighted by molar-refractivity contribution is 0.0954. The lowest BCUT2D eigenvalue weighted by Crippen LogP contribution is -2.45. The van der Waals surface area contributed by atoms with Gasteiger partial charge in [0.1, 0.15) is 0 Å². The number of carbonyl (C=O) groups is 1. The lowest BCUT2D eigenvalue weighted by atomic mass is 10.00. The highest BCUT2D eigenvalue weighted by atomic mass is 16.2. The highest BCUT2D eigenvalue weighted by molar-refractivity contribution is 5.95. The molecule has 0 radical (unpaired) electrons. The minimum absolute atomic E-state index is 0.102. The Hall–Kier alpha value is -2.50. The number of hydrogen-bond donors (Lipinski definition) is 1. The zero-order chi connectivity index (χ0) is 24.8. The first-order valence-electron chi connectivity index (χ1n) is 14.2. The Morgan fingerprint density at radius 3 is 1.64 bits per heavy atom. The Bertz CT molecular complexity index is 919. The second kappa shape index (κ2) is 14.9. The van der Waals surface area contributed by atoms with E-state index in [2.05, 4.69) is 62.8 Å². The van der Waals surface area contributed by atoms with Gasteiger partial charge in [0, 0.05) is 50.5 Å². The molecular formula is C31H44N4O. The number of nitrogens with zero attached hydrogens (tertiary/aromatic N) is 3. The molecule has 2 fully saturated rings. The molecule has 5 heteroatoms. The summed E-state index contributed by atoms with van der Waals surface area (Å²) in [6.45, 7) is 6.30. The Kier molecular flexibility index (Phi) is 11.0. The Balaban J connectivity index is 1.21. The summed E-state index contributed by atoms with van der Waals surface area (Å²) in [6, 6.07) is 18.8. The van der Waals surface area contributed by atoms with Gasteiger partial charge in [-0.2, -0.15) is 5.10 Å². The van der Waals surface area contributed by atoms with Gasteiger partial charge in [-0.05, 0) is 48.9 Å². The molecule has 4 rings (SSSR count). The van der Waals surface area contributed by atoms with Gasteiger partial charge in [0.05, 0.1) is 0 Å². The maximum atomic E-state index is 12.7.